The predicted molar refractivity (Wildman–Crippen MR) is 93.9 cm³/mol. The first-order valence-corrected chi connectivity index (χ1v) is 8.07. The summed E-state index contributed by atoms with van der Waals surface area (Å²) < 4.78 is 19.2. The molecule has 4 nitrogen and oxygen atoms in total. The number of hydrogen-bond donors (Lipinski definition) is 0. The summed E-state index contributed by atoms with van der Waals surface area (Å²) in [6, 6.07) is 13.7. The molecule has 0 aliphatic rings. The number of halogens is 2. The van der Waals surface area contributed by atoms with Crippen LogP contribution in [0, 0.1) is 12.7 Å². The summed E-state index contributed by atoms with van der Waals surface area (Å²) in [6.45, 7) is 1.72. The molecule has 0 atom stereocenters. The second-order valence-corrected chi connectivity index (χ2v) is 6.10. The van der Waals surface area contributed by atoms with Crippen molar-refractivity contribution in [2.75, 3.05) is 7.05 Å². The first kappa shape index (κ1) is 17.2. The molecule has 1 amide bonds. The maximum Gasteiger partial charge on any atom is 0.259 e. The average Bonchev–Trinajstić information content (AvgIpc) is 2.99. The van der Waals surface area contributed by atoms with Gasteiger partial charge in [0, 0.05) is 29.7 Å². The summed E-state index contributed by atoms with van der Waals surface area (Å²) in [5.74, 6) is -0.343. The number of nitrogens with zero attached hydrogens (tertiary/aromatic N) is 2. The molecule has 3 aromatic rings. The monoisotopic (exact) mass is 358 g/mol. The molecule has 25 heavy (non-hydrogen) atoms. The summed E-state index contributed by atoms with van der Waals surface area (Å²) in [7, 11) is 1.59. The van der Waals surface area contributed by atoms with Crippen LogP contribution in [0.1, 0.15) is 21.7 Å². The molecule has 0 bridgehead atoms. The number of benzene rings is 2. The molecular weight excluding hydrogens is 343 g/mol. The molecule has 1 aromatic heterocycles. The second-order valence-electron chi connectivity index (χ2n) is 5.69. The lowest BCUT2D eigenvalue weighted by atomic mass is 10.0. The van der Waals surface area contributed by atoms with Crippen molar-refractivity contribution in [1.82, 2.24) is 10.1 Å². The van der Waals surface area contributed by atoms with E-state index >= 15 is 0 Å². The molecule has 0 aliphatic carbocycles. The van der Waals surface area contributed by atoms with Gasteiger partial charge < -0.3 is 9.42 Å². The third-order valence-electron chi connectivity index (χ3n) is 3.93. The van der Waals surface area contributed by atoms with E-state index in [1.165, 1.54) is 17.0 Å². The number of hydrogen-bond acceptors (Lipinski definition) is 3. The van der Waals surface area contributed by atoms with Crippen molar-refractivity contribution in [2.45, 2.75) is 13.5 Å². The van der Waals surface area contributed by atoms with E-state index < -0.39 is 5.82 Å². The zero-order chi connectivity index (χ0) is 18.0. The minimum absolute atomic E-state index is 0.0448. The largest absolute Gasteiger partial charge is 0.360 e. The van der Waals surface area contributed by atoms with Crippen LogP contribution < -0.4 is 0 Å². The van der Waals surface area contributed by atoms with E-state index in [0.717, 1.165) is 5.56 Å². The maximum atomic E-state index is 14.0. The van der Waals surface area contributed by atoms with E-state index in [1.54, 1.807) is 20.0 Å². The van der Waals surface area contributed by atoms with Crippen LogP contribution in [0.25, 0.3) is 11.3 Å². The Morgan fingerprint density at radius 1 is 1.20 bits per heavy atom. The highest BCUT2D eigenvalue weighted by molar-refractivity contribution is 6.31. The predicted octanol–water partition coefficient (Wildman–Crippen LogP) is 4.71. The van der Waals surface area contributed by atoms with E-state index in [2.05, 4.69) is 5.16 Å². The van der Waals surface area contributed by atoms with Crippen LogP contribution in [-0.4, -0.2) is 23.0 Å². The quantitative estimate of drug-likeness (QED) is 0.678. The van der Waals surface area contributed by atoms with Crippen LogP contribution in [0.2, 0.25) is 5.02 Å². The fourth-order valence-corrected chi connectivity index (χ4v) is 2.82. The Hall–Kier alpha value is -2.66. The SMILES string of the molecule is Cc1onc(-c2ccccc2)c1C(=O)N(C)Cc1c(F)cccc1Cl. The summed E-state index contributed by atoms with van der Waals surface area (Å²) in [4.78, 5) is 14.3. The summed E-state index contributed by atoms with van der Waals surface area (Å²) in [5.41, 5.74) is 1.88. The van der Waals surface area contributed by atoms with Crippen molar-refractivity contribution in [2.24, 2.45) is 0 Å². The Morgan fingerprint density at radius 2 is 1.92 bits per heavy atom. The molecule has 3 rings (SSSR count). The van der Waals surface area contributed by atoms with E-state index in [4.69, 9.17) is 16.1 Å². The number of carbonyl (C=O) groups is 1. The third kappa shape index (κ3) is 3.42. The van der Waals surface area contributed by atoms with E-state index in [-0.39, 0.29) is 23.0 Å². The Labute approximate surface area is 149 Å². The molecule has 0 aliphatic heterocycles. The molecule has 0 fully saturated rings. The van der Waals surface area contributed by atoms with Crippen LogP contribution in [0.4, 0.5) is 4.39 Å². The lowest BCUT2D eigenvalue weighted by molar-refractivity contribution is 0.0783. The van der Waals surface area contributed by atoms with Gasteiger partial charge in [0.1, 0.15) is 22.8 Å². The minimum atomic E-state index is -0.447. The van der Waals surface area contributed by atoms with Crippen molar-refractivity contribution in [1.29, 1.82) is 0 Å². The van der Waals surface area contributed by atoms with Gasteiger partial charge >= 0.3 is 0 Å². The van der Waals surface area contributed by atoms with Gasteiger partial charge in [-0.2, -0.15) is 0 Å². The van der Waals surface area contributed by atoms with Gasteiger partial charge in [-0.3, -0.25) is 4.79 Å². The Kier molecular flexibility index (Phi) is 4.86. The molecule has 128 valence electrons. The van der Waals surface area contributed by atoms with Gasteiger partial charge in [0.15, 0.2) is 0 Å². The minimum Gasteiger partial charge on any atom is -0.360 e. The van der Waals surface area contributed by atoms with Crippen LogP contribution >= 0.6 is 11.6 Å². The lowest BCUT2D eigenvalue weighted by Crippen LogP contribution is -2.27. The fourth-order valence-electron chi connectivity index (χ4n) is 2.60. The summed E-state index contributed by atoms with van der Waals surface area (Å²) >= 11 is 6.05. The van der Waals surface area contributed by atoms with E-state index in [1.807, 2.05) is 30.3 Å². The van der Waals surface area contributed by atoms with Gasteiger partial charge in [0.05, 0.1) is 0 Å². The van der Waals surface area contributed by atoms with Gasteiger partial charge in [-0.15, -0.1) is 0 Å². The standard InChI is InChI=1S/C19H16ClFN2O2/c1-12-17(18(22-25-12)13-7-4-3-5-8-13)19(24)23(2)11-14-15(20)9-6-10-16(14)21/h3-10H,11H2,1-2H3. The Bertz CT molecular complexity index is 889. The first-order chi connectivity index (χ1) is 12.0. The van der Waals surface area contributed by atoms with Crippen molar-refractivity contribution in [3.8, 4) is 11.3 Å². The number of aromatic nitrogens is 1. The van der Waals surface area contributed by atoms with Crippen molar-refractivity contribution >= 4 is 17.5 Å². The summed E-state index contributed by atoms with van der Waals surface area (Å²) in [5, 5.41) is 4.29. The first-order valence-electron chi connectivity index (χ1n) is 7.69. The zero-order valence-corrected chi connectivity index (χ0v) is 14.5. The molecular formula is C19H16ClFN2O2. The second kappa shape index (κ2) is 7.07. The number of carbonyl (C=O) groups excluding carboxylic acids is 1. The van der Waals surface area contributed by atoms with Gasteiger partial charge in [0.2, 0.25) is 0 Å². The molecule has 0 radical (unpaired) electrons. The number of rotatable bonds is 4. The lowest BCUT2D eigenvalue weighted by Gasteiger charge is -2.18. The Morgan fingerprint density at radius 3 is 2.60 bits per heavy atom. The van der Waals surface area contributed by atoms with Gasteiger partial charge in [-0.05, 0) is 19.1 Å². The maximum absolute atomic E-state index is 14.0. The van der Waals surface area contributed by atoms with Crippen molar-refractivity contribution in [3.63, 3.8) is 0 Å². The highest BCUT2D eigenvalue weighted by atomic mass is 35.5. The fraction of sp³-hybridized carbons (Fsp3) is 0.158. The molecule has 0 saturated carbocycles. The highest BCUT2D eigenvalue weighted by Crippen LogP contribution is 2.27. The van der Waals surface area contributed by atoms with Crippen LogP contribution in [0.5, 0.6) is 0 Å². The van der Waals surface area contributed by atoms with Crippen LogP contribution in [0.15, 0.2) is 53.1 Å². The normalized spacial score (nSPS) is 10.7. The molecule has 6 heteroatoms. The molecule has 0 N–H and O–H groups in total. The smallest absolute Gasteiger partial charge is 0.259 e. The highest BCUT2D eigenvalue weighted by Gasteiger charge is 2.25. The summed E-state index contributed by atoms with van der Waals surface area (Å²) in [6.07, 6.45) is 0. The zero-order valence-electron chi connectivity index (χ0n) is 13.8. The van der Waals surface area contributed by atoms with Crippen LogP contribution in [-0.2, 0) is 6.54 Å². The van der Waals surface area contributed by atoms with Gasteiger partial charge in [-0.25, -0.2) is 4.39 Å². The van der Waals surface area contributed by atoms with Crippen molar-refractivity contribution in [3.05, 3.63) is 76.3 Å². The molecule has 0 unspecified atom stereocenters. The number of amides is 1. The van der Waals surface area contributed by atoms with E-state index in [0.29, 0.717) is 17.0 Å². The third-order valence-corrected chi connectivity index (χ3v) is 4.28. The molecule has 0 saturated heterocycles. The van der Waals surface area contributed by atoms with Gasteiger partial charge in [-0.1, -0.05) is 53.2 Å². The Balaban J connectivity index is 1.92. The number of aryl methyl sites for hydroxylation is 1. The topological polar surface area (TPSA) is 46.3 Å². The molecule has 1 heterocycles. The van der Waals surface area contributed by atoms with Crippen molar-refractivity contribution < 1.29 is 13.7 Å². The molecule has 2 aromatic carbocycles. The van der Waals surface area contributed by atoms with Gasteiger partial charge in [0.25, 0.3) is 5.91 Å². The van der Waals surface area contributed by atoms with Crippen LogP contribution in [0.3, 0.4) is 0 Å². The van der Waals surface area contributed by atoms with E-state index in [9.17, 15) is 9.18 Å². The molecule has 0 spiro atoms. The average molecular weight is 359 g/mol.